The highest BCUT2D eigenvalue weighted by molar-refractivity contribution is 6.32. The van der Waals surface area contributed by atoms with E-state index in [9.17, 15) is 9.59 Å². The molecular formula is C30H30ClNO5. The van der Waals surface area contributed by atoms with Gasteiger partial charge in [0.15, 0.2) is 0 Å². The van der Waals surface area contributed by atoms with Gasteiger partial charge in [-0.25, -0.2) is 0 Å². The lowest BCUT2D eigenvalue weighted by Gasteiger charge is -2.25. The van der Waals surface area contributed by atoms with Gasteiger partial charge in [-0.3, -0.25) is 9.59 Å². The van der Waals surface area contributed by atoms with Crippen molar-refractivity contribution in [1.29, 1.82) is 0 Å². The van der Waals surface area contributed by atoms with Gasteiger partial charge in [-0.2, -0.15) is 0 Å². The number of amides is 1. The predicted octanol–water partition coefficient (Wildman–Crippen LogP) is 6.41. The Hall–Kier alpha value is -3.51. The van der Waals surface area contributed by atoms with Crippen molar-refractivity contribution in [3.05, 3.63) is 88.4 Å². The maximum absolute atomic E-state index is 13.3. The second-order valence-electron chi connectivity index (χ2n) is 9.35. The second kappa shape index (κ2) is 11.3. The number of hydrogen-bond donors (Lipinski definition) is 0. The molecule has 1 unspecified atom stereocenters. The summed E-state index contributed by atoms with van der Waals surface area (Å²) in [5.41, 5.74) is 2.56. The molecule has 37 heavy (non-hydrogen) atoms. The molecule has 1 atom stereocenters. The van der Waals surface area contributed by atoms with Gasteiger partial charge in [-0.1, -0.05) is 41.9 Å². The molecule has 1 fully saturated rings. The molecule has 0 radical (unpaired) electrons. The van der Waals surface area contributed by atoms with Crippen LogP contribution >= 0.6 is 11.6 Å². The zero-order valence-corrected chi connectivity index (χ0v) is 21.6. The molecule has 1 amide bonds. The van der Waals surface area contributed by atoms with Crippen LogP contribution < -0.4 is 9.47 Å². The fraction of sp³-hybridized carbons (Fsp3) is 0.333. The van der Waals surface area contributed by atoms with Crippen molar-refractivity contribution in [2.75, 3.05) is 19.8 Å². The molecule has 1 aliphatic carbocycles. The zero-order valence-electron chi connectivity index (χ0n) is 20.8. The van der Waals surface area contributed by atoms with Gasteiger partial charge >= 0.3 is 5.97 Å². The van der Waals surface area contributed by atoms with Gasteiger partial charge in [0.1, 0.15) is 17.2 Å². The largest absolute Gasteiger partial charge is 0.493 e. The third-order valence-corrected chi connectivity index (χ3v) is 7.03. The summed E-state index contributed by atoms with van der Waals surface area (Å²) in [4.78, 5) is 27.6. The van der Waals surface area contributed by atoms with Crippen LogP contribution in [0.15, 0.2) is 66.7 Å². The minimum atomic E-state index is -0.406. The number of esters is 1. The number of halogens is 1. The Morgan fingerprint density at radius 3 is 2.49 bits per heavy atom. The number of nitrogens with zero attached hydrogens (tertiary/aromatic N) is 1. The molecule has 3 aromatic rings. The van der Waals surface area contributed by atoms with E-state index in [1.165, 1.54) is 5.56 Å². The smallest absolute Gasteiger partial charge is 0.313 e. The van der Waals surface area contributed by atoms with Gasteiger partial charge in [0, 0.05) is 29.8 Å². The molecule has 6 nitrogen and oxygen atoms in total. The Kier molecular flexibility index (Phi) is 7.65. The lowest BCUT2D eigenvalue weighted by atomic mass is 9.93. The number of fused-ring (bicyclic) bond motifs is 1. The molecule has 0 aromatic heterocycles. The van der Waals surface area contributed by atoms with Crippen LogP contribution in [0.3, 0.4) is 0 Å². The lowest BCUT2D eigenvalue weighted by Crippen LogP contribution is -2.34. The van der Waals surface area contributed by atoms with E-state index in [1.807, 2.05) is 23.1 Å². The normalized spacial score (nSPS) is 16.3. The first kappa shape index (κ1) is 25.2. The summed E-state index contributed by atoms with van der Waals surface area (Å²) in [6.07, 6.45) is 3.48. The van der Waals surface area contributed by atoms with Crippen molar-refractivity contribution < 1.29 is 23.8 Å². The SMILES string of the molecule is CCOC(=O)C1CCOc2cc(Oc3ccc(C(=O)N(CCc4ccccc4)C4CC4)cc3)c(Cl)cc21. The molecular weight excluding hydrogens is 490 g/mol. The van der Waals surface area contributed by atoms with E-state index in [1.54, 1.807) is 43.3 Å². The summed E-state index contributed by atoms with van der Waals surface area (Å²) >= 11 is 6.52. The first-order chi connectivity index (χ1) is 18.0. The molecule has 0 spiro atoms. The first-order valence-corrected chi connectivity index (χ1v) is 13.2. The van der Waals surface area contributed by atoms with E-state index in [0.29, 0.717) is 65.6 Å². The number of rotatable bonds is 9. The van der Waals surface area contributed by atoms with Gasteiger partial charge in [0.25, 0.3) is 5.91 Å². The molecule has 5 rings (SSSR count). The van der Waals surface area contributed by atoms with E-state index in [0.717, 1.165) is 19.3 Å². The van der Waals surface area contributed by atoms with Crippen LogP contribution in [0.25, 0.3) is 0 Å². The Labute approximate surface area is 222 Å². The van der Waals surface area contributed by atoms with E-state index >= 15 is 0 Å². The summed E-state index contributed by atoms with van der Waals surface area (Å²) in [5, 5.41) is 0.375. The number of carbonyl (C=O) groups excluding carboxylic acids is 2. The molecule has 2 aliphatic rings. The molecule has 0 bridgehead atoms. The lowest BCUT2D eigenvalue weighted by molar-refractivity contribution is -0.145. The highest BCUT2D eigenvalue weighted by Crippen LogP contribution is 2.42. The van der Waals surface area contributed by atoms with E-state index < -0.39 is 5.92 Å². The number of hydrogen-bond acceptors (Lipinski definition) is 5. The van der Waals surface area contributed by atoms with Crippen LogP contribution in [-0.4, -0.2) is 42.6 Å². The highest BCUT2D eigenvalue weighted by atomic mass is 35.5. The maximum atomic E-state index is 13.3. The number of benzene rings is 3. The van der Waals surface area contributed by atoms with Crippen molar-refractivity contribution in [2.24, 2.45) is 0 Å². The van der Waals surface area contributed by atoms with E-state index in [-0.39, 0.29) is 11.9 Å². The average Bonchev–Trinajstić information content (AvgIpc) is 3.75. The second-order valence-corrected chi connectivity index (χ2v) is 9.76. The zero-order chi connectivity index (χ0) is 25.8. The van der Waals surface area contributed by atoms with Crippen molar-refractivity contribution in [2.45, 2.75) is 44.6 Å². The molecule has 3 aromatic carbocycles. The Morgan fingerprint density at radius 1 is 1.03 bits per heavy atom. The number of ether oxygens (including phenoxy) is 3. The molecule has 0 N–H and O–H groups in total. The summed E-state index contributed by atoms with van der Waals surface area (Å²) in [6, 6.07) is 21.1. The predicted molar refractivity (Wildman–Crippen MR) is 142 cm³/mol. The van der Waals surface area contributed by atoms with Crippen LogP contribution in [0.4, 0.5) is 0 Å². The average molecular weight is 520 g/mol. The van der Waals surface area contributed by atoms with Crippen LogP contribution in [0.5, 0.6) is 17.2 Å². The number of carbonyl (C=O) groups is 2. The highest BCUT2D eigenvalue weighted by Gasteiger charge is 2.33. The van der Waals surface area contributed by atoms with Crippen molar-refractivity contribution >= 4 is 23.5 Å². The molecule has 7 heteroatoms. The van der Waals surface area contributed by atoms with Gasteiger partial charge in [0.05, 0.1) is 24.2 Å². The summed E-state index contributed by atoms with van der Waals surface area (Å²) in [7, 11) is 0. The standard InChI is InChI=1S/C30H30ClNO5/c1-2-35-30(34)24-15-17-36-27-19-28(26(31)18-25(24)27)37-23-12-8-21(9-13-23)29(33)32(22-10-11-22)16-14-20-6-4-3-5-7-20/h3-9,12-13,18-19,22,24H,2,10-11,14-17H2,1H3. The third-order valence-electron chi connectivity index (χ3n) is 6.74. The van der Waals surface area contributed by atoms with Crippen LogP contribution in [-0.2, 0) is 16.0 Å². The fourth-order valence-electron chi connectivity index (χ4n) is 4.64. The van der Waals surface area contributed by atoms with E-state index in [2.05, 4.69) is 12.1 Å². The Morgan fingerprint density at radius 2 is 1.78 bits per heavy atom. The fourth-order valence-corrected chi connectivity index (χ4v) is 4.85. The first-order valence-electron chi connectivity index (χ1n) is 12.8. The molecule has 1 aliphatic heterocycles. The Bertz CT molecular complexity index is 1260. The molecule has 1 saturated carbocycles. The van der Waals surface area contributed by atoms with Gasteiger partial charge < -0.3 is 19.1 Å². The molecule has 1 heterocycles. The van der Waals surface area contributed by atoms with Gasteiger partial charge in [-0.05, 0) is 68.5 Å². The summed E-state index contributed by atoms with van der Waals surface area (Å²) in [6.45, 7) is 3.22. The third kappa shape index (κ3) is 5.91. The van der Waals surface area contributed by atoms with Crippen LogP contribution in [0.1, 0.15) is 53.6 Å². The summed E-state index contributed by atoms with van der Waals surface area (Å²) < 4.78 is 17.0. The van der Waals surface area contributed by atoms with Crippen LogP contribution in [0.2, 0.25) is 5.02 Å². The van der Waals surface area contributed by atoms with Crippen molar-refractivity contribution in [3.8, 4) is 17.2 Å². The van der Waals surface area contributed by atoms with Crippen molar-refractivity contribution in [3.63, 3.8) is 0 Å². The van der Waals surface area contributed by atoms with Gasteiger partial charge in [0.2, 0.25) is 0 Å². The Balaban J connectivity index is 1.27. The van der Waals surface area contributed by atoms with Crippen molar-refractivity contribution in [1.82, 2.24) is 4.90 Å². The van der Waals surface area contributed by atoms with Crippen LogP contribution in [0, 0.1) is 0 Å². The molecule has 0 saturated heterocycles. The van der Waals surface area contributed by atoms with E-state index in [4.69, 9.17) is 25.8 Å². The minimum absolute atomic E-state index is 0.0372. The van der Waals surface area contributed by atoms with Gasteiger partial charge in [-0.15, -0.1) is 0 Å². The monoisotopic (exact) mass is 519 g/mol. The maximum Gasteiger partial charge on any atom is 0.313 e. The minimum Gasteiger partial charge on any atom is -0.493 e. The molecule has 192 valence electrons. The topological polar surface area (TPSA) is 65.1 Å². The quantitative estimate of drug-likeness (QED) is 0.306. The summed E-state index contributed by atoms with van der Waals surface area (Å²) in [5.74, 6) is 0.895.